The molecule has 0 radical (unpaired) electrons. The minimum Gasteiger partial charge on any atom is -0.356 e. The highest BCUT2D eigenvalue weighted by molar-refractivity contribution is 6.30. The van der Waals surface area contributed by atoms with Gasteiger partial charge in [-0.2, -0.15) is 0 Å². The van der Waals surface area contributed by atoms with E-state index in [0.29, 0.717) is 23.7 Å². The van der Waals surface area contributed by atoms with Crippen LogP contribution in [0.5, 0.6) is 0 Å². The Morgan fingerprint density at radius 2 is 2.00 bits per heavy atom. The second kappa shape index (κ2) is 10.0. The van der Waals surface area contributed by atoms with Crippen molar-refractivity contribution in [1.29, 1.82) is 0 Å². The van der Waals surface area contributed by atoms with E-state index in [-0.39, 0.29) is 17.6 Å². The zero-order valence-corrected chi connectivity index (χ0v) is 17.1. The molecular formula is C23H28ClFN2O. The molecule has 28 heavy (non-hydrogen) atoms. The molecule has 0 bridgehead atoms. The second-order valence-electron chi connectivity index (χ2n) is 7.67. The minimum atomic E-state index is -0.263. The van der Waals surface area contributed by atoms with Gasteiger partial charge in [0.1, 0.15) is 5.82 Å². The molecule has 3 nitrogen and oxygen atoms in total. The van der Waals surface area contributed by atoms with Gasteiger partial charge in [-0.05, 0) is 63.4 Å². The summed E-state index contributed by atoms with van der Waals surface area (Å²) in [6, 6.07) is 13.3. The Hall–Kier alpha value is -1.91. The molecule has 0 unspecified atom stereocenters. The van der Waals surface area contributed by atoms with Gasteiger partial charge < -0.3 is 5.32 Å². The number of likely N-dealkylation sites (tertiary alicyclic amines) is 1. The molecule has 1 aliphatic heterocycles. The average molecular weight is 403 g/mol. The highest BCUT2D eigenvalue weighted by atomic mass is 35.5. The molecule has 0 aliphatic carbocycles. The van der Waals surface area contributed by atoms with Crippen molar-refractivity contribution in [3.05, 3.63) is 70.0 Å². The summed E-state index contributed by atoms with van der Waals surface area (Å²) < 4.78 is 14.0. The maximum absolute atomic E-state index is 14.0. The quantitative estimate of drug-likeness (QED) is 0.678. The number of carbonyl (C=O) groups excluding carboxylic acids is 1. The first-order valence-electron chi connectivity index (χ1n) is 10.0. The molecule has 5 heteroatoms. The van der Waals surface area contributed by atoms with Crippen LogP contribution in [0.1, 0.15) is 36.0 Å². The third-order valence-corrected chi connectivity index (χ3v) is 5.63. The summed E-state index contributed by atoms with van der Waals surface area (Å²) in [5.74, 6) is -0.0483. The molecule has 1 saturated heterocycles. The Kier molecular flexibility index (Phi) is 7.46. The van der Waals surface area contributed by atoms with E-state index in [4.69, 9.17) is 11.6 Å². The van der Waals surface area contributed by atoms with Crippen LogP contribution in [0.15, 0.2) is 42.5 Å². The predicted molar refractivity (Wildman–Crippen MR) is 112 cm³/mol. The molecule has 0 spiro atoms. The lowest BCUT2D eigenvalue weighted by atomic mass is 9.95. The van der Waals surface area contributed by atoms with Crippen molar-refractivity contribution in [3.8, 4) is 0 Å². The average Bonchev–Trinajstić information content (AvgIpc) is 2.68. The number of nitrogens with one attached hydrogen (secondary N) is 1. The molecule has 1 amide bonds. The van der Waals surface area contributed by atoms with Crippen molar-refractivity contribution in [2.24, 2.45) is 5.92 Å². The van der Waals surface area contributed by atoms with Crippen LogP contribution in [0.2, 0.25) is 5.02 Å². The molecule has 1 N–H and O–H groups in total. The first kappa shape index (κ1) is 20.8. The van der Waals surface area contributed by atoms with Crippen LogP contribution >= 0.6 is 11.6 Å². The van der Waals surface area contributed by atoms with Gasteiger partial charge in [-0.25, -0.2) is 4.39 Å². The summed E-state index contributed by atoms with van der Waals surface area (Å²) in [7, 11) is 0. The van der Waals surface area contributed by atoms with Gasteiger partial charge in [-0.3, -0.25) is 9.69 Å². The van der Waals surface area contributed by atoms with Gasteiger partial charge in [0, 0.05) is 29.6 Å². The maximum atomic E-state index is 14.0. The summed E-state index contributed by atoms with van der Waals surface area (Å²) in [5, 5.41) is 3.50. The SMILES string of the molecule is Cc1cccc(CCCNC(=O)C2CCN(Cc3ccc(Cl)cc3F)CC2)c1. The summed E-state index contributed by atoms with van der Waals surface area (Å²) in [5.41, 5.74) is 3.24. The van der Waals surface area contributed by atoms with Crippen molar-refractivity contribution in [2.75, 3.05) is 19.6 Å². The van der Waals surface area contributed by atoms with Crippen LogP contribution in [0.4, 0.5) is 4.39 Å². The Morgan fingerprint density at radius 3 is 2.71 bits per heavy atom. The smallest absolute Gasteiger partial charge is 0.223 e. The largest absolute Gasteiger partial charge is 0.356 e. The van der Waals surface area contributed by atoms with E-state index in [1.54, 1.807) is 12.1 Å². The number of hydrogen-bond acceptors (Lipinski definition) is 2. The third-order valence-electron chi connectivity index (χ3n) is 5.39. The summed E-state index contributed by atoms with van der Waals surface area (Å²) in [4.78, 5) is 14.6. The van der Waals surface area contributed by atoms with Gasteiger partial charge in [0.25, 0.3) is 0 Å². The number of amides is 1. The molecule has 150 valence electrons. The monoisotopic (exact) mass is 402 g/mol. The van der Waals surface area contributed by atoms with E-state index in [1.165, 1.54) is 17.2 Å². The number of aryl methyl sites for hydroxylation is 2. The van der Waals surface area contributed by atoms with Crippen LogP contribution in [-0.2, 0) is 17.8 Å². The fourth-order valence-electron chi connectivity index (χ4n) is 3.76. The summed E-state index contributed by atoms with van der Waals surface area (Å²) in [6.45, 7) is 4.99. The Balaban J connectivity index is 1.36. The molecule has 2 aromatic rings. The standard InChI is InChI=1S/C23H28ClFN2O/c1-17-4-2-5-18(14-17)6-3-11-26-23(28)19-9-12-27(13-10-19)16-20-7-8-21(24)15-22(20)25/h2,4-5,7-8,14-15,19H,3,6,9-13,16H2,1H3,(H,26,28). The predicted octanol–water partition coefficient (Wildman–Crippen LogP) is 4.75. The first-order valence-corrected chi connectivity index (χ1v) is 10.4. The topological polar surface area (TPSA) is 32.3 Å². The maximum Gasteiger partial charge on any atom is 0.223 e. The van der Waals surface area contributed by atoms with Crippen molar-refractivity contribution in [1.82, 2.24) is 10.2 Å². The zero-order valence-electron chi connectivity index (χ0n) is 16.4. The van der Waals surface area contributed by atoms with Crippen LogP contribution in [0.3, 0.4) is 0 Å². The molecular weight excluding hydrogens is 375 g/mol. The summed E-state index contributed by atoms with van der Waals surface area (Å²) in [6.07, 6.45) is 3.56. The normalized spacial score (nSPS) is 15.5. The molecule has 2 aromatic carbocycles. The number of rotatable bonds is 7. The third kappa shape index (κ3) is 6.05. The lowest BCUT2D eigenvalue weighted by molar-refractivity contribution is -0.126. The van der Waals surface area contributed by atoms with Crippen LogP contribution in [0, 0.1) is 18.7 Å². The minimum absolute atomic E-state index is 0.0604. The van der Waals surface area contributed by atoms with E-state index in [0.717, 1.165) is 38.8 Å². The van der Waals surface area contributed by atoms with E-state index in [2.05, 4.69) is 41.4 Å². The Bertz CT molecular complexity index is 803. The van der Waals surface area contributed by atoms with Gasteiger partial charge in [0.05, 0.1) is 0 Å². The number of nitrogens with zero attached hydrogens (tertiary/aromatic N) is 1. The number of halogens is 2. The van der Waals surface area contributed by atoms with Crippen molar-refractivity contribution < 1.29 is 9.18 Å². The summed E-state index contributed by atoms with van der Waals surface area (Å²) >= 11 is 5.81. The van der Waals surface area contributed by atoms with E-state index in [9.17, 15) is 9.18 Å². The van der Waals surface area contributed by atoms with E-state index in [1.807, 2.05) is 0 Å². The molecule has 0 aromatic heterocycles. The molecule has 1 heterocycles. The van der Waals surface area contributed by atoms with Gasteiger partial charge in [-0.15, -0.1) is 0 Å². The number of benzene rings is 2. The zero-order chi connectivity index (χ0) is 19.9. The molecule has 1 fully saturated rings. The van der Waals surface area contributed by atoms with Crippen molar-refractivity contribution in [3.63, 3.8) is 0 Å². The Morgan fingerprint density at radius 1 is 1.21 bits per heavy atom. The molecule has 0 atom stereocenters. The van der Waals surface area contributed by atoms with E-state index >= 15 is 0 Å². The van der Waals surface area contributed by atoms with Crippen LogP contribution in [-0.4, -0.2) is 30.4 Å². The van der Waals surface area contributed by atoms with Crippen molar-refractivity contribution in [2.45, 2.75) is 39.2 Å². The van der Waals surface area contributed by atoms with Gasteiger partial charge in [0.2, 0.25) is 5.91 Å². The number of hydrogen-bond donors (Lipinski definition) is 1. The number of carbonyl (C=O) groups is 1. The van der Waals surface area contributed by atoms with Crippen molar-refractivity contribution >= 4 is 17.5 Å². The van der Waals surface area contributed by atoms with Crippen LogP contribution in [0.25, 0.3) is 0 Å². The fraction of sp³-hybridized carbons (Fsp3) is 0.435. The molecule has 0 saturated carbocycles. The van der Waals surface area contributed by atoms with Gasteiger partial charge in [-0.1, -0.05) is 47.5 Å². The lowest BCUT2D eigenvalue weighted by Gasteiger charge is -2.31. The fourth-order valence-corrected chi connectivity index (χ4v) is 3.92. The first-order chi connectivity index (χ1) is 13.5. The highest BCUT2D eigenvalue weighted by Crippen LogP contribution is 2.21. The van der Waals surface area contributed by atoms with Gasteiger partial charge >= 0.3 is 0 Å². The van der Waals surface area contributed by atoms with Gasteiger partial charge in [0.15, 0.2) is 0 Å². The molecule has 1 aliphatic rings. The lowest BCUT2D eigenvalue weighted by Crippen LogP contribution is -2.40. The Labute approximate surface area is 171 Å². The molecule has 3 rings (SSSR count). The highest BCUT2D eigenvalue weighted by Gasteiger charge is 2.25. The second-order valence-corrected chi connectivity index (χ2v) is 8.11. The van der Waals surface area contributed by atoms with Crippen LogP contribution < -0.4 is 5.32 Å². The number of piperidine rings is 1. The van der Waals surface area contributed by atoms with E-state index < -0.39 is 0 Å².